The van der Waals surface area contributed by atoms with Crippen molar-refractivity contribution in [2.45, 2.75) is 19.9 Å². The Kier molecular flexibility index (Phi) is 4.34. The molecular weight excluding hydrogens is 258 g/mol. The van der Waals surface area contributed by atoms with Crippen LogP contribution in [0.5, 0.6) is 11.5 Å². The number of carbonyl (C=O) groups is 1. The largest absolute Gasteiger partial charge is 0.497 e. The molecule has 1 aromatic heterocycles. The van der Waals surface area contributed by atoms with Gasteiger partial charge >= 0.3 is 0 Å². The average molecular weight is 275 g/mol. The summed E-state index contributed by atoms with van der Waals surface area (Å²) >= 11 is 0. The lowest BCUT2D eigenvalue weighted by molar-refractivity contribution is 0.102. The van der Waals surface area contributed by atoms with Gasteiger partial charge in [-0.3, -0.25) is 4.79 Å². The summed E-state index contributed by atoms with van der Waals surface area (Å²) in [5.74, 6) is 0.991. The molecule has 0 aliphatic heterocycles. The minimum atomic E-state index is -0.152. The molecule has 6 nitrogen and oxygen atoms in total. The second-order valence-corrected chi connectivity index (χ2v) is 4.27. The summed E-state index contributed by atoms with van der Waals surface area (Å²) in [6.07, 6.45) is 2.36. The van der Waals surface area contributed by atoms with E-state index in [1.165, 1.54) is 6.20 Å². The summed E-state index contributed by atoms with van der Waals surface area (Å²) in [6, 6.07) is 5.07. The summed E-state index contributed by atoms with van der Waals surface area (Å²) in [7, 11) is 3.10. The topological polar surface area (TPSA) is 66.2 Å². The standard InChI is InChI=1S/C14H17N3O3/c1-4-5-17-13(9-15-16-17)14(18)10-6-11(19-2)8-12(7-10)20-3/h6-9H,4-5H2,1-3H3. The van der Waals surface area contributed by atoms with Crippen molar-refractivity contribution in [1.29, 1.82) is 0 Å². The van der Waals surface area contributed by atoms with Crippen molar-refractivity contribution < 1.29 is 14.3 Å². The molecule has 20 heavy (non-hydrogen) atoms. The van der Waals surface area contributed by atoms with E-state index in [2.05, 4.69) is 10.3 Å². The van der Waals surface area contributed by atoms with Gasteiger partial charge in [-0.25, -0.2) is 4.68 Å². The summed E-state index contributed by atoms with van der Waals surface area (Å²) < 4.78 is 12.0. The number of carbonyl (C=O) groups excluding carboxylic acids is 1. The van der Waals surface area contributed by atoms with Crippen molar-refractivity contribution in [3.8, 4) is 11.5 Å². The molecule has 0 fully saturated rings. The molecule has 2 rings (SSSR count). The maximum atomic E-state index is 12.5. The van der Waals surface area contributed by atoms with E-state index in [0.29, 0.717) is 29.3 Å². The first-order valence-corrected chi connectivity index (χ1v) is 6.35. The molecule has 106 valence electrons. The number of aryl methyl sites for hydroxylation is 1. The molecule has 0 radical (unpaired) electrons. The Morgan fingerprint density at radius 1 is 1.20 bits per heavy atom. The molecule has 6 heteroatoms. The van der Waals surface area contributed by atoms with Gasteiger partial charge in [-0.1, -0.05) is 12.1 Å². The Balaban J connectivity index is 2.39. The lowest BCUT2D eigenvalue weighted by Gasteiger charge is -2.08. The van der Waals surface area contributed by atoms with E-state index in [-0.39, 0.29) is 5.78 Å². The van der Waals surface area contributed by atoms with Crippen molar-refractivity contribution in [3.63, 3.8) is 0 Å². The first-order valence-electron chi connectivity index (χ1n) is 6.35. The van der Waals surface area contributed by atoms with E-state index in [1.807, 2.05) is 6.92 Å². The number of hydrogen-bond donors (Lipinski definition) is 0. The van der Waals surface area contributed by atoms with Crippen molar-refractivity contribution in [2.24, 2.45) is 0 Å². The zero-order chi connectivity index (χ0) is 14.5. The van der Waals surface area contributed by atoms with Crippen LogP contribution in [0, 0.1) is 0 Å². The third kappa shape index (κ3) is 2.79. The molecule has 0 amide bonds. The fraction of sp³-hybridized carbons (Fsp3) is 0.357. The van der Waals surface area contributed by atoms with Gasteiger partial charge in [0.2, 0.25) is 5.78 Å². The van der Waals surface area contributed by atoms with E-state index >= 15 is 0 Å². The first kappa shape index (κ1) is 14.0. The van der Waals surface area contributed by atoms with Gasteiger partial charge in [0.1, 0.15) is 17.2 Å². The molecule has 0 N–H and O–H groups in total. The molecule has 0 aliphatic rings. The Hall–Kier alpha value is -2.37. The maximum absolute atomic E-state index is 12.5. The quantitative estimate of drug-likeness (QED) is 0.754. The number of rotatable bonds is 6. The van der Waals surface area contributed by atoms with E-state index in [0.717, 1.165) is 6.42 Å². The lowest BCUT2D eigenvalue weighted by Crippen LogP contribution is -2.11. The van der Waals surface area contributed by atoms with Crippen LogP contribution in [0.1, 0.15) is 29.4 Å². The van der Waals surface area contributed by atoms with Crippen LogP contribution in [-0.4, -0.2) is 35.0 Å². The van der Waals surface area contributed by atoms with E-state index < -0.39 is 0 Å². The Labute approximate surface area is 117 Å². The molecule has 0 unspecified atom stereocenters. The highest BCUT2D eigenvalue weighted by molar-refractivity contribution is 6.08. The first-order chi connectivity index (χ1) is 9.69. The van der Waals surface area contributed by atoms with Gasteiger partial charge in [-0.05, 0) is 18.6 Å². The molecule has 2 aromatic rings. The van der Waals surface area contributed by atoms with Crippen molar-refractivity contribution in [1.82, 2.24) is 15.0 Å². The predicted octanol–water partition coefficient (Wildman–Crippen LogP) is 1.94. The van der Waals surface area contributed by atoms with E-state index in [4.69, 9.17) is 9.47 Å². The van der Waals surface area contributed by atoms with Gasteiger partial charge in [0.25, 0.3) is 0 Å². The van der Waals surface area contributed by atoms with Gasteiger partial charge < -0.3 is 9.47 Å². The normalized spacial score (nSPS) is 10.3. The van der Waals surface area contributed by atoms with Crippen LogP contribution in [-0.2, 0) is 6.54 Å². The highest BCUT2D eigenvalue weighted by atomic mass is 16.5. The lowest BCUT2D eigenvalue weighted by atomic mass is 10.1. The van der Waals surface area contributed by atoms with Crippen LogP contribution in [0.3, 0.4) is 0 Å². The monoisotopic (exact) mass is 275 g/mol. The third-order valence-electron chi connectivity index (χ3n) is 2.90. The number of benzene rings is 1. The van der Waals surface area contributed by atoms with Crippen molar-refractivity contribution in [2.75, 3.05) is 14.2 Å². The van der Waals surface area contributed by atoms with Gasteiger partial charge in [-0.2, -0.15) is 0 Å². The van der Waals surface area contributed by atoms with Crippen LogP contribution in [0.15, 0.2) is 24.4 Å². The second kappa shape index (κ2) is 6.18. The molecule has 0 saturated carbocycles. The summed E-state index contributed by atoms with van der Waals surface area (Å²) in [4.78, 5) is 12.5. The number of nitrogens with zero attached hydrogens (tertiary/aromatic N) is 3. The van der Waals surface area contributed by atoms with Gasteiger partial charge in [0, 0.05) is 18.2 Å². The summed E-state index contributed by atoms with van der Waals surface area (Å²) in [6.45, 7) is 2.67. The molecule has 0 saturated heterocycles. The molecule has 0 aliphatic carbocycles. The number of aromatic nitrogens is 3. The van der Waals surface area contributed by atoms with Gasteiger partial charge in [0.05, 0.1) is 20.4 Å². The minimum Gasteiger partial charge on any atom is -0.497 e. The Morgan fingerprint density at radius 2 is 1.85 bits per heavy atom. The molecule has 1 aromatic carbocycles. The maximum Gasteiger partial charge on any atom is 0.212 e. The van der Waals surface area contributed by atoms with Crippen LogP contribution < -0.4 is 9.47 Å². The minimum absolute atomic E-state index is 0.152. The van der Waals surface area contributed by atoms with Crippen LogP contribution >= 0.6 is 0 Å². The Bertz CT molecular complexity index is 585. The highest BCUT2D eigenvalue weighted by Crippen LogP contribution is 2.24. The number of ether oxygens (including phenoxy) is 2. The predicted molar refractivity (Wildman–Crippen MR) is 73.3 cm³/mol. The van der Waals surface area contributed by atoms with Crippen LogP contribution in [0.4, 0.5) is 0 Å². The number of ketones is 1. The van der Waals surface area contributed by atoms with Gasteiger partial charge in [0.15, 0.2) is 0 Å². The molecule has 0 bridgehead atoms. The van der Waals surface area contributed by atoms with Crippen LogP contribution in [0.2, 0.25) is 0 Å². The average Bonchev–Trinajstić information content (AvgIpc) is 2.94. The van der Waals surface area contributed by atoms with Crippen molar-refractivity contribution >= 4 is 5.78 Å². The van der Waals surface area contributed by atoms with E-state index in [9.17, 15) is 4.79 Å². The number of methoxy groups -OCH3 is 2. The molecule has 0 spiro atoms. The van der Waals surface area contributed by atoms with Crippen molar-refractivity contribution in [3.05, 3.63) is 35.7 Å². The zero-order valence-corrected chi connectivity index (χ0v) is 11.8. The smallest absolute Gasteiger partial charge is 0.212 e. The SMILES string of the molecule is CCCn1nncc1C(=O)c1cc(OC)cc(OC)c1. The number of hydrogen-bond acceptors (Lipinski definition) is 5. The Morgan fingerprint density at radius 3 is 2.40 bits per heavy atom. The fourth-order valence-electron chi connectivity index (χ4n) is 1.90. The zero-order valence-electron chi connectivity index (χ0n) is 11.8. The third-order valence-corrected chi connectivity index (χ3v) is 2.90. The van der Waals surface area contributed by atoms with E-state index in [1.54, 1.807) is 37.1 Å². The van der Waals surface area contributed by atoms with Gasteiger partial charge in [-0.15, -0.1) is 5.10 Å². The highest BCUT2D eigenvalue weighted by Gasteiger charge is 2.17. The molecular formula is C14H17N3O3. The fourth-order valence-corrected chi connectivity index (χ4v) is 1.90. The molecule has 1 heterocycles. The van der Waals surface area contributed by atoms with Crippen LogP contribution in [0.25, 0.3) is 0 Å². The molecule has 0 atom stereocenters. The summed E-state index contributed by atoms with van der Waals surface area (Å²) in [5, 5.41) is 7.72. The summed E-state index contributed by atoms with van der Waals surface area (Å²) in [5.41, 5.74) is 0.947. The second-order valence-electron chi connectivity index (χ2n) is 4.27.